The first-order chi connectivity index (χ1) is 13.6. The molecule has 0 spiro atoms. The molecule has 1 rings (SSSR count). The van der Waals surface area contributed by atoms with E-state index in [0.29, 0.717) is 11.3 Å². The lowest BCUT2D eigenvalue weighted by atomic mass is 9.84. The number of aryl methyl sites for hydroxylation is 1. The number of hydrogen-bond acceptors (Lipinski definition) is 1. The predicted molar refractivity (Wildman–Crippen MR) is 126 cm³/mol. The van der Waals surface area contributed by atoms with Gasteiger partial charge in [-0.2, -0.15) is 0 Å². The molecule has 0 radical (unpaired) electrons. The average molecular weight is 400 g/mol. The fourth-order valence-electron chi connectivity index (χ4n) is 3.28. The first kappa shape index (κ1) is 25.2. The van der Waals surface area contributed by atoms with E-state index in [2.05, 4.69) is 60.3 Å². The SMILES string of the molecule is C=CC(/C=C\C(C)c1cc(F)cc(CCC(C)C)c1)=C(/N)CCCC(C)(C)CC. The molecule has 2 N–H and O–H groups in total. The molecule has 0 aliphatic heterocycles. The number of rotatable bonds is 12. The summed E-state index contributed by atoms with van der Waals surface area (Å²) in [6.45, 7) is 17.3. The van der Waals surface area contributed by atoms with Gasteiger partial charge in [0.2, 0.25) is 0 Å². The van der Waals surface area contributed by atoms with Crippen molar-refractivity contribution in [2.75, 3.05) is 0 Å². The molecule has 1 atom stereocenters. The van der Waals surface area contributed by atoms with E-state index < -0.39 is 0 Å². The highest BCUT2D eigenvalue weighted by molar-refractivity contribution is 5.36. The second-order valence-corrected chi connectivity index (χ2v) is 9.53. The molecule has 1 aromatic carbocycles. The molecule has 0 aromatic heterocycles. The second kappa shape index (κ2) is 12.0. The van der Waals surface area contributed by atoms with E-state index in [9.17, 15) is 4.39 Å². The Labute approximate surface area is 179 Å². The van der Waals surface area contributed by atoms with Crippen LogP contribution >= 0.6 is 0 Å². The van der Waals surface area contributed by atoms with Crippen molar-refractivity contribution >= 4 is 0 Å². The maximum absolute atomic E-state index is 14.1. The number of halogens is 1. The van der Waals surface area contributed by atoms with E-state index in [1.54, 1.807) is 12.1 Å². The third kappa shape index (κ3) is 9.47. The van der Waals surface area contributed by atoms with Crippen molar-refractivity contribution < 1.29 is 4.39 Å². The van der Waals surface area contributed by atoms with Gasteiger partial charge in [-0.25, -0.2) is 4.39 Å². The van der Waals surface area contributed by atoms with E-state index in [4.69, 9.17) is 5.73 Å². The molecule has 1 unspecified atom stereocenters. The summed E-state index contributed by atoms with van der Waals surface area (Å²) in [5, 5.41) is 0. The Bertz CT molecular complexity index is 709. The molecule has 162 valence electrons. The van der Waals surface area contributed by atoms with Crippen LogP contribution < -0.4 is 5.73 Å². The third-order valence-electron chi connectivity index (χ3n) is 5.93. The predicted octanol–water partition coefficient (Wildman–Crippen LogP) is 8.08. The molecule has 0 bridgehead atoms. The average Bonchev–Trinajstić information content (AvgIpc) is 2.66. The van der Waals surface area contributed by atoms with Gasteiger partial charge in [-0.05, 0) is 78.2 Å². The summed E-state index contributed by atoms with van der Waals surface area (Å²) in [6.07, 6.45) is 12.2. The molecule has 0 saturated heterocycles. The Morgan fingerprint density at radius 2 is 1.90 bits per heavy atom. The van der Waals surface area contributed by atoms with Crippen molar-refractivity contribution in [3.63, 3.8) is 0 Å². The van der Waals surface area contributed by atoms with Crippen LogP contribution in [0.5, 0.6) is 0 Å². The van der Waals surface area contributed by atoms with Gasteiger partial charge in [0, 0.05) is 5.70 Å². The third-order valence-corrected chi connectivity index (χ3v) is 5.93. The largest absolute Gasteiger partial charge is 0.402 e. The molecule has 1 aromatic rings. The van der Waals surface area contributed by atoms with Crippen molar-refractivity contribution in [1.29, 1.82) is 0 Å². The van der Waals surface area contributed by atoms with Gasteiger partial charge >= 0.3 is 0 Å². The highest BCUT2D eigenvalue weighted by atomic mass is 19.1. The molecule has 1 nitrogen and oxygen atoms in total. The van der Waals surface area contributed by atoms with Crippen LogP contribution in [-0.4, -0.2) is 0 Å². The molecule has 0 amide bonds. The van der Waals surface area contributed by atoms with Gasteiger partial charge in [0.15, 0.2) is 0 Å². The van der Waals surface area contributed by atoms with Gasteiger partial charge in [0.05, 0.1) is 0 Å². The molecule has 0 heterocycles. The fraction of sp³-hybridized carbons (Fsp3) is 0.556. The van der Waals surface area contributed by atoms with Crippen molar-refractivity contribution in [2.45, 2.75) is 86.0 Å². The number of hydrogen-bond donors (Lipinski definition) is 1. The van der Waals surface area contributed by atoms with Crippen LogP contribution in [0.1, 0.15) is 90.7 Å². The summed E-state index contributed by atoms with van der Waals surface area (Å²) in [5.41, 5.74) is 10.6. The fourth-order valence-corrected chi connectivity index (χ4v) is 3.28. The lowest BCUT2D eigenvalue weighted by Gasteiger charge is -2.22. The lowest BCUT2D eigenvalue weighted by molar-refractivity contribution is 0.313. The van der Waals surface area contributed by atoms with Gasteiger partial charge in [0.25, 0.3) is 0 Å². The van der Waals surface area contributed by atoms with Gasteiger partial charge in [-0.1, -0.05) is 78.8 Å². The first-order valence-corrected chi connectivity index (χ1v) is 11.2. The smallest absolute Gasteiger partial charge is 0.123 e. The molecule has 29 heavy (non-hydrogen) atoms. The van der Waals surface area contributed by atoms with Crippen molar-refractivity contribution in [3.05, 3.63) is 71.2 Å². The zero-order valence-corrected chi connectivity index (χ0v) is 19.5. The molecule has 0 aliphatic rings. The summed E-state index contributed by atoms with van der Waals surface area (Å²) in [4.78, 5) is 0. The lowest BCUT2D eigenvalue weighted by Crippen LogP contribution is -2.10. The summed E-state index contributed by atoms with van der Waals surface area (Å²) in [6, 6.07) is 5.43. The van der Waals surface area contributed by atoms with Crippen LogP contribution in [0.25, 0.3) is 0 Å². The number of allylic oxidation sites excluding steroid dienone is 5. The van der Waals surface area contributed by atoms with Crippen LogP contribution in [0.2, 0.25) is 0 Å². The van der Waals surface area contributed by atoms with E-state index in [1.807, 2.05) is 12.2 Å². The van der Waals surface area contributed by atoms with E-state index in [1.165, 1.54) is 6.42 Å². The number of nitrogens with two attached hydrogens (primary N) is 1. The standard InChI is InChI=1S/C27H42FN/c1-8-23(26(29)11-10-16-27(6,7)9-2)15-13-21(5)24-17-22(14-12-20(3)4)18-25(28)19-24/h8,13,15,17-21H,1,9-12,14,16,29H2,2-7H3/b15-13-,26-23-. The Morgan fingerprint density at radius 1 is 1.21 bits per heavy atom. The zero-order chi connectivity index (χ0) is 22.0. The Balaban J connectivity index is 2.84. The quantitative estimate of drug-likeness (QED) is 0.353. The summed E-state index contributed by atoms with van der Waals surface area (Å²) in [5.74, 6) is 0.578. The van der Waals surface area contributed by atoms with E-state index >= 15 is 0 Å². The van der Waals surface area contributed by atoms with Gasteiger partial charge in [-0.15, -0.1) is 0 Å². The normalized spacial score (nSPS) is 14.3. The van der Waals surface area contributed by atoms with E-state index in [-0.39, 0.29) is 11.7 Å². The van der Waals surface area contributed by atoms with Crippen molar-refractivity contribution in [3.8, 4) is 0 Å². The summed E-state index contributed by atoms with van der Waals surface area (Å²) < 4.78 is 14.1. The van der Waals surface area contributed by atoms with Crippen molar-refractivity contribution in [1.82, 2.24) is 0 Å². The van der Waals surface area contributed by atoms with Gasteiger partial charge in [-0.3, -0.25) is 0 Å². The highest BCUT2D eigenvalue weighted by Gasteiger charge is 2.14. The highest BCUT2D eigenvalue weighted by Crippen LogP contribution is 2.28. The molecular weight excluding hydrogens is 357 g/mol. The summed E-state index contributed by atoms with van der Waals surface area (Å²) in [7, 11) is 0. The minimum atomic E-state index is -0.154. The van der Waals surface area contributed by atoms with Crippen molar-refractivity contribution in [2.24, 2.45) is 17.1 Å². The van der Waals surface area contributed by atoms with Crippen LogP contribution in [0.3, 0.4) is 0 Å². The van der Waals surface area contributed by atoms with Crippen LogP contribution in [0.15, 0.2) is 54.3 Å². The van der Waals surface area contributed by atoms with Crippen LogP contribution in [0.4, 0.5) is 4.39 Å². The monoisotopic (exact) mass is 399 g/mol. The second-order valence-electron chi connectivity index (χ2n) is 9.53. The minimum Gasteiger partial charge on any atom is -0.402 e. The van der Waals surface area contributed by atoms with Crippen LogP contribution in [-0.2, 0) is 6.42 Å². The molecule has 0 aliphatic carbocycles. The zero-order valence-electron chi connectivity index (χ0n) is 19.5. The summed E-state index contributed by atoms with van der Waals surface area (Å²) >= 11 is 0. The maximum atomic E-state index is 14.1. The number of benzene rings is 1. The van der Waals surface area contributed by atoms with Gasteiger partial charge < -0.3 is 5.73 Å². The Hall–Kier alpha value is -1.83. The molecular formula is C27H42FN. The molecule has 0 fully saturated rings. The Morgan fingerprint density at radius 3 is 2.48 bits per heavy atom. The van der Waals surface area contributed by atoms with Crippen LogP contribution in [0, 0.1) is 17.2 Å². The molecule has 0 saturated carbocycles. The first-order valence-electron chi connectivity index (χ1n) is 11.2. The topological polar surface area (TPSA) is 26.0 Å². The minimum absolute atomic E-state index is 0.116. The molecule has 2 heteroatoms. The van der Waals surface area contributed by atoms with E-state index in [0.717, 1.165) is 54.5 Å². The maximum Gasteiger partial charge on any atom is 0.123 e. The Kier molecular flexibility index (Phi) is 10.4. The van der Waals surface area contributed by atoms with Gasteiger partial charge in [0.1, 0.15) is 5.82 Å².